The zero-order valence-electron chi connectivity index (χ0n) is 32.8. The van der Waals surface area contributed by atoms with Gasteiger partial charge in [-0.2, -0.15) is 0 Å². The summed E-state index contributed by atoms with van der Waals surface area (Å²) in [6.45, 7) is 17.5. The van der Waals surface area contributed by atoms with Crippen LogP contribution >= 0.6 is 0 Å². The average molecular weight is 743 g/mol. The van der Waals surface area contributed by atoms with Gasteiger partial charge in [-0.15, -0.1) is 6.58 Å². The van der Waals surface area contributed by atoms with Crippen LogP contribution in [0.1, 0.15) is 85.0 Å². The maximum absolute atomic E-state index is 14.4. The molecule has 3 fully saturated rings. The molecule has 1 aromatic rings. The van der Waals surface area contributed by atoms with Gasteiger partial charge < -0.3 is 38.6 Å². The molecule has 3 saturated heterocycles. The zero-order chi connectivity index (χ0) is 39.4. The van der Waals surface area contributed by atoms with Crippen molar-refractivity contribution in [2.24, 2.45) is 23.7 Å². The normalized spacial score (nSPS) is 38.6. The van der Waals surface area contributed by atoms with Gasteiger partial charge in [-0.05, 0) is 73.2 Å². The van der Waals surface area contributed by atoms with Crippen molar-refractivity contribution in [2.75, 3.05) is 20.7 Å². The second kappa shape index (κ2) is 17.2. The monoisotopic (exact) mass is 742 g/mol. The van der Waals surface area contributed by atoms with E-state index in [0.717, 1.165) is 0 Å². The molecule has 3 aliphatic rings. The van der Waals surface area contributed by atoms with Crippen LogP contribution in [0.4, 0.5) is 4.79 Å². The Kier molecular flexibility index (Phi) is 13.7. The van der Waals surface area contributed by atoms with Gasteiger partial charge in [0.15, 0.2) is 23.8 Å². The highest BCUT2D eigenvalue weighted by molar-refractivity contribution is 6.00. The molecule has 0 radical (unpaired) electrons. The first-order chi connectivity index (χ1) is 24.9. The predicted octanol–water partition coefficient (Wildman–Crippen LogP) is 4.90. The summed E-state index contributed by atoms with van der Waals surface area (Å²) >= 11 is 0. The molecule has 13 heteroatoms. The number of amides is 1. The van der Waals surface area contributed by atoms with E-state index in [-0.39, 0.29) is 37.4 Å². The van der Waals surface area contributed by atoms with Crippen LogP contribution in [0.15, 0.2) is 43.0 Å². The number of hydrogen-bond acceptors (Lipinski definition) is 12. The molecule has 0 aromatic heterocycles. The highest BCUT2D eigenvalue weighted by Gasteiger charge is 2.57. The molecule has 1 N–H and O–H groups in total. The number of alkyl carbamates (subject to hydrolysis) is 1. The lowest BCUT2D eigenvalue weighted by Crippen LogP contribution is -2.61. The van der Waals surface area contributed by atoms with Crippen LogP contribution in [0.5, 0.6) is 0 Å². The molecule has 0 saturated carbocycles. The number of cyclic esters (lactones) is 1. The van der Waals surface area contributed by atoms with Crippen molar-refractivity contribution in [1.29, 1.82) is 0 Å². The van der Waals surface area contributed by atoms with Gasteiger partial charge in [-0.3, -0.25) is 14.4 Å². The van der Waals surface area contributed by atoms with Crippen LogP contribution in [0.25, 0.3) is 0 Å². The molecule has 0 spiro atoms. The summed E-state index contributed by atoms with van der Waals surface area (Å²) in [5, 5.41) is 2.78. The number of carbonyl (C=O) groups is 5. The number of benzene rings is 1. The fourth-order valence-electron chi connectivity index (χ4n) is 8.25. The summed E-state index contributed by atoms with van der Waals surface area (Å²) in [4.78, 5) is 70.6. The van der Waals surface area contributed by atoms with E-state index < -0.39 is 89.3 Å². The summed E-state index contributed by atoms with van der Waals surface area (Å²) in [6.07, 6.45) is -2.84. The minimum Gasteiger partial charge on any atom is -0.458 e. The van der Waals surface area contributed by atoms with E-state index in [2.05, 4.69) is 11.9 Å². The molecule has 1 amide bonds. The van der Waals surface area contributed by atoms with Crippen LogP contribution in [-0.2, 0) is 42.8 Å². The smallest absolute Gasteiger partial charge is 0.408 e. The molecular weight excluding hydrogens is 684 g/mol. The third kappa shape index (κ3) is 9.01. The van der Waals surface area contributed by atoms with Gasteiger partial charge in [0.25, 0.3) is 0 Å². The second-order valence-electron chi connectivity index (χ2n) is 15.5. The maximum Gasteiger partial charge on any atom is 0.408 e. The Labute approximate surface area is 313 Å². The number of hydrogen-bond donors (Lipinski definition) is 1. The Morgan fingerprint density at radius 2 is 1.68 bits per heavy atom. The molecule has 0 aliphatic carbocycles. The van der Waals surface area contributed by atoms with Crippen LogP contribution in [-0.4, -0.2) is 109 Å². The Balaban J connectivity index is 1.82. The number of ketones is 2. The molecule has 3 heterocycles. The van der Waals surface area contributed by atoms with Gasteiger partial charge in [-0.1, -0.05) is 52.0 Å². The summed E-state index contributed by atoms with van der Waals surface area (Å²) in [5.74, 6) is -5.79. The number of carbonyl (C=O) groups excluding carboxylic acids is 5. The first-order valence-corrected chi connectivity index (χ1v) is 18.6. The molecular formula is C40H58N2O11. The molecule has 294 valence electrons. The summed E-state index contributed by atoms with van der Waals surface area (Å²) in [5.41, 5.74) is -2.39. The van der Waals surface area contributed by atoms with Crippen LogP contribution in [0.2, 0.25) is 0 Å². The average Bonchev–Trinajstić information content (AvgIpc) is 3.44. The van der Waals surface area contributed by atoms with Gasteiger partial charge in [-0.25, -0.2) is 9.59 Å². The molecule has 13 nitrogen and oxygen atoms in total. The van der Waals surface area contributed by atoms with E-state index in [4.69, 9.17) is 28.4 Å². The first kappa shape index (κ1) is 42.1. The molecule has 53 heavy (non-hydrogen) atoms. The van der Waals surface area contributed by atoms with Gasteiger partial charge in [0, 0.05) is 17.8 Å². The molecule has 0 bridgehead atoms. The lowest BCUT2D eigenvalue weighted by atomic mass is 9.73. The van der Waals surface area contributed by atoms with Crippen molar-refractivity contribution < 1.29 is 52.4 Å². The van der Waals surface area contributed by atoms with E-state index in [9.17, 15) is 24.0 Å². The van der Waals surface area contributed by atoms with Crippen molar-refractivity contribution >= 4 is 29.6 Å². The van der Waals surface area contributed by atoms with Crippen molar-refractivity contribution in [3.05, 3.63) is 48.6 Å². The first-order valence-electron chi connectivity index (χ1n) is 18.6. The second-order valence-corrected chi connectivity index (χ2v) is 15.5. The number of fused-ring (bicyclic) bond motifs is 1. The Hall–Kier alpha value is -3.65. The number of likely N-dealkylation sites (N-methyl/N-ethyl adjacent to an activating group) is 1. The number of ether oxygens (including phenoxy) is 6. The number of rotatable bonds is 9. The van der Waals surface area contributed by atoms with Gasteiger partial charge in [0.1, 0.15) is 17.8 Å². The lowest BCUT2D eigenvalue weighted by molar-refractivity contribution is -0.296. The fraction of sp³-hybridized carbons (Fsp3) is 0.675. The van der Waals surface area contributed by atoms with E-state index in [1.165, 1.54) is 6.92 Å². The standard InChI is InChI=1S/C40H58N2O11/c1-12-19-48-39(8)21-22(3)30(43)24(5)33-40(9,53-38(47)41-33)29(13-2)50-35(45)26(7)31(44)25(6)34(39)52-37-32(28(42(10)11)20-23(4)49-37)51-36(46)27-17-15-14-16-18-27/h12,14-18,22-26,28-29,32-34,37H,1,13,19-21H2,2-11H3,(H,41,47)/t22-,23-,24+,25+,26-,28+,29?,32-,33-,34-,37+,39-,40-/m1/s1. The van der Waals surface area contributed by atoms with Gasteiger partial charge in [0.05, 0.1) is 42.1 Å². The summed E-state index contributed by atoms with van der Waals surface area (Å²) in [6, 6.07) is 7.43. The highest BCUT2D eigenvalue weighted by Crippen LogP contribution is 2.40. The zero-order valence-corrected chi connectivity index (χ0v) is 32.8. The fourth-order valence-corrected chi connectivity index (χ4v) is 8.25. The largest absolute Gasteiger partial charge is 0.458 e. The molecule has 3 aliphatic heterocycles. The van der Waals surface area contributed by atoms with E-state index >= 15 is 0 Å². The summed E-state index contributed by atoms with van der Waals surface area (Å²) in [7, 11) is 3.75. The van der Waals surface area contributed by atoms with E-state index in [1.807, 2.05) is 25.9 Å². The van der Waals surface area contributed by atoms with Crippen LogP contribution < -0.4 is 5.32 Å². The quantitative estimate of drug-likeness (QED) is 0.158. The van der Waals surface area contributed by atoms with Gasteiger partial charge >= 0.3 is 18.0 Å². The molecule has 1 unspecified atom stereocenters. The maximum atomic E-state index is 14.4. The topological polar surface area (TPSA) is 156 Å². The number of Topliss-reactive ketones (excluding diaryl/α,β-unsaturated/α-hetero) is 2. The van der Waals surface area contributed by atoms with E-state index in [0.29, 0.717) is 12.0 Å². The molecule has 13 atom stereocenters. The summed E-state index contributed by atoms with van der Waals surface area (Å²) < 4.78 is 37.6. The molecule has 1 aromatic carbocycles. The number of esters is 2. The minimum absolute atomic E-state index is 0.0444. The Bertz CT molecular complexity index is 1500. The predicted molar refractivity (Wildman–Crippen MR) is 195 cm³/mol. The third-order valence-corrected chi connectivity index (χ3v) is 11.2. The minimum atomic E-state index is -1.38. The van der Waals surface area contributed by atoms with Crippen molar-refractivity contribution in [1.82, 2.24) is 10.2 Å². The van der Waals surface area contributed by atoms with Crippen molar-refractivity contribution in [2.45, 2.75) is 129 Å². The lowest BCUT2D eigenvalue weighted by Gasteiger charge is -2.48. The van der Waals surface area contributed by atoms with Crippen LogP contribution in [0.3, 0.4) is 0 Å². The third-order valence-electron chi connectivity index (χ3n) is 11.2. The van der Waals surface area contributed by atoms with E-state index in [1.54, 1.807) is 78.0 Å². The Morgan fingerprint density at radius 3 is 2.28 bits per heavy atom. The number of nitrogens with zero attached hydrogens (tertiary/aromatic N) is 1. The molecule has 4 rings (SSSR count). The van der Waals surface area contributed by atoms with Crippen molar-refractivity contribution in [3.8, 4) is 0 Å². The van der Waals surface area contributed by atoms with Gasteiger partial charge in [0.2, 0.25) is 0 Å². The van der Waals surface area contributed by atoms with Crippen molar-refractivity contribution in [3.63, 3.8) is 0 Å². The Morgan fingerprint density at radius 1 is 1.02 bits per heavy atom. The SMILES string of the molecule is C=CCO[C@]1(C)C[C@@H](C)C(=O)[C@H](C)[C@H]2NC(=O)O[C@]2(C)C(CC)OC(=O)[C@H](C)C(=O)[C@H](C)[C@H]1O[C@@H]1O[C@H](C)C[C@H](N(C)C)[C@H]1OC(=O)c1ccccc1. The van der Waals surface area contributed by atoms with Crippen LogP contribution in [0, 0.1) is 23.7 Å². The highest BCUT2D eigenvalue weighted by atomic mass is 16.7. The number of nitrogens with one attached hydrogen (secondary N) is 1.